The van der Waals surface area contributed by atoms with Crippen molar-refractivity contribution in [1.82, 2.24) is 10.2 Å². The maximum absolute atomic E-state index is 11.7. The van der Waals surface area contributed by atoms with Gasteiger partial charge in [-0.2, -0.15) is 0 Å². The van der Waals surface area contributed by atoms with Gasteiger partial charge >= 0.3 is 0 Å². The highest BCUT2D eigenvalue weighted by molar-refractivity contribution is 8.01. The van der Waals surface area contributed by atoms with Gasteiger partial charge in [-0.25, -0.2) is 0 Å². The van der Waals surface area contributed by atoms with E-state index in [1.165, 1.54) is 11.3 Å². The number of thioether (sulfide) groups is 1. The van der Waals surface area contributed by atoms with Gasteiger partial charge in [-0.15, -0.1) is 10.2 Å². The lowest BCUT2D eigenvalue weighted by Gasteiger charge is -2.06. The molecular weight excluding hydrogens is 246 g/mol. The molecule has 1 aliphatic heterocycles. The Hall–Kier alpha value is -0.660. The Morgan fingerprint density at radius 3 is 3.25 bits per heavy atom. The van der Waals surface area contributed by atoms with Crippen LogP contribution in [0.3, 0.4) is 0 Å². The second kappa shape index (κ2) is 5.60. The lowest BCUT2D eigenvalue weighted by Crippen LogP contribution is -2.26. The highest BCUT2D eigenvalue weighted by Gasteiger charge is 2.24. The number of hydrogen-bond acceptors (Lipinski definition) is 6. The van der Waals surface area contributed by atoms with Crippen LogP contribution in [0.2, 0.25) is 0 Å². The van der Waals surface area contributed by atoms with Crippen molar-refractivity contribution in [1.29, 1.82) is 0 Å². The summed E-state index contributed by atoms with van der Waals surface area (Å²) < 4.78 is 6.16. The summed E-state index contributed by atoms with van der Waals surface area (Å²) in [4.78, 5) is 11.7. The van der Waals surface area contributed by atoms with E-state index in [9.17, 15) is 4.79 Å². The minimum atomic E-state index is -0.314. The van der Waals surface area contributed by atoms with E-state index in [1.54, 1.807) is 11.8 Å². The lowest BCUT2D eigenvalue weighted by atomic mass is 10.2. The molecule has 1 aromatic heterocycles. The van der Waals surface area contributed by atoms with Crippen molar-refractivity contribution in [3.63, 3.8) is 0 Å². The molecule has 1 amide bonds. The number of rotatable bonds is 4. The zero-order valence-corrected chi connectivity index (χ0v) is 10.6. The Labute approximate surface area is 102 Å². The van der Waals surface area contributed by atoms with Crippen molar-refractivity contribution in [3.8, 4) is 0 Å². The molecule has 1 fully saturated rings. The first-order valence-corrected chi connectivity index (χ1v) is 6.98. The van der Waals surface area contributed by atoms with Crippen LogP contribution in [0.15, 0.2) is 4.34 Å². The summed E-state index contributed by atoms with van der Waals surface area (Å²) in [6, 6.07) is 0. The summed E-state index contributed by atoms with van der Waals surface area (Å²) >= 11 is 3.02. The van der Waals surface area contributed by atoms with Gasteiger partial charge in [0.15, 0.2) is 4.34 Å². The van der Waals surface area contributed by atoms with E-state index in [4.69, 9.17) is 4.74 Å². The van der Waals surface area contributed by atoms with Gasteiger partial charge in [-0.1, -0.05) is 30.0 Å². The highest BCUT2D eigenvalue weighted by atomic mass is 32.2. The Bertz CT molecular complexity index is 363. The van der Waals surface area contributed by atoms with Gasteiger partial charge in [0.1, 0.15) is 6.10 Å². The standard InChI is InChI=1S/C9H13N3O2S2/c1-2-15-9-12-11-8(16-9)10-7(13)6-4-3-5-14-6/h6H,2-5H2,1H3,(H,10,11,13)/t6-/m1/s1. The van der Waals surface area contributed by atoms with Gasteiger partial charge in [0.25, 0.3) is 5.91 Å². The second-order valence-electron chi connectivity index (χ2n) is 3.30. The number of aromatic nitrogens is 2. The van der Waals surface area contributed by atoms with Crippen LogP contribution in [-0.2, 0) is 9.53 Å². The molecule has 0 bridgehead atoms. The van der Waals surface area contributed by atoms with Gasteiger partial charge in [-0.3, -0.25) is 10.1 Å². The first-order valence-electron chi connectivity index (χ1n) is 5.18. The second-order valence-corrected chi connectivity index (χ2v) is 5.79. The van der Waals surface area contributed by atoms with Crippen LogP contribution in [0.1, 0.15) is 19.8 Å². The smallest absolute Gasteiger partial charge is 0.255 e. The predicted molar refractivity (Wildman–Crippen MR) is 63.9 cm³/mol. The average molecular weight is 259 g/mol. The summed E-state index contributed by atoms with van der Waals surface area (Å²) in [5.41, 5.74) is 0. The van der Waals surface area contributed by atoms with Crippen LogP contribution < -0.4 is 5.32 Å². The number of ether oxygens (including phenoxy) is 1. The molecule has 16 heavy (non-hydrogen) atoms. The largest absolute Gasteiger partial charge is 0.368 e. The molecule has 0 unspecified atom stereocenters. The number of amides is 1. The van der Waals surface area contributed by atoms with Gasteiger partial charge in [0.05, 0.1) is 0 Å². The van der Waals surface area contributed by atoms with Crippen LogP contribution in [0.4, 0.5) is 5.13 Å². The van der Waals surface area contributed by atoms with Crippen LogP contribution in [-0.4, -0.2) is 34.6 Å². The zero-order chi connectivity index (χ0) is 11.4. The van der Waals surface area contributed by atoms with E-state index in [1.807, 2.05) is 0 Å². The molecule has 1 saturated heterocycles. The van der Waals surface area contributed by atoms with Crippen LogP contribution in [0.25, 0.3) is 0 Å². The number of carbonyl (C=O) groups is 1. The van der Waals surface area contributed by atoms with Gasteiger partial charge < -0.3 is 4.74 Å². The molecule has 0 aromatic carbocycles. The summed E-state index contributed by atoms with van der Waals surface area (Å²) in [5.74, 6) is 0.843. The van der Waals surface area contributed by atoms with E-state index in [0.29, 0.717) is 11.7 Å². The summed E-state index contributed by atoms with van der Waals surface area (Å²) in [6.45, 7) is 2.72. The molecule has 88 valence electrons. The van der Waals surface area contributed by atoms with Crippen molar-refractivity contribution in [2.75, 3.05) is 17.7 Å². The quantitative estimate of drug-likeness (QED) is 0.659. The average Bonchev–Trinajstić information content (AvgIpc) is 2.89. The topological polar surface area (TPSA) is 64.1 Å². The minimum absolute atomic E-state index is 0.110. The highest BCUT2D eigenvalue weighted by Crippen LogP contribution is 2.25. The summed E-state index contributed by atoms with van der Waals surface area (Å²) in [5, 5.41) is 11.2. The zero-order valence-electron chi connectivity index (χ0n) is 8.93. The normalized spacial score (nSPS) is 19.9. The first-order chi connectivity index (χ1) is 7.79. The molecule has 0 aliphatic carbocycles. The predicted octanol–water partition coefficient (Wildman–Crippen LogP) is 1.77. The molecule has 1 aliphatic rings. The van der Waals surface area contributed by atoms with Gasteiger partial charge in [-0.05, 0) is 18.6 Å². The van der Waals surface area contributed by atoms with Crippen LogP contribution in [0, 0.1) is 0 Å². The van der Waals surface area contributed by atoms with Crippen molar-refractivity contribution < 1.29 is 9.53 Å². The minimum Gasteiger partial charge on any atom is -0.368 e. The van der Waals surface area contributed by atoms with Crippen LogP contribution in [0.5, 0.6) is 0 Å². The van der Waals surface area contributed by atoms with Crippen molar-refractivity contribution in [2.45, 2.75) is 30.2 Å². The van der Waals surface area contributed by atoms with Gasteiger partial charge in [0, 0.05) is 6.61 Å². The van der Waals surface area contributed by atoms with Crippen LogP contribution >= 0.6 is 23.1 Å². The number of nitrogens with zero attached hydrogens (tertiary/aromatic N) is 2. The van der Waals surface area contributed by atoms with Gasteiger partial charge in [0.2, 0.25) is 5.13 Å². The Morgan fingerprint density at radius 1 is 1.69 bits per heavy atom. The molecule has 0 saturated carbocycles. The summed E-state index contributed by atoms with van der Waals surface area (Å²) in [7, 11) is 0. The van der Waals surface area contributed by atoms with E-state index in [2.05, 4.69) is 22.4 Å². The third-order valence-corrected chi connectivity index (χ3v) is 3.98. The van der Waals surface area contributed by atoms with E-state index >= 15 is 0 Å². The fourth-order valence-electron chi connectivity index (χ4n) is 1.41. The Balaban J connectivity index is 1.89. The first kappa shape index (κ1) is 11.8. The molecule has 1 atom stereocenters. The molecule has 1 N–H and O–H groups in total. The molecule has 0 radical (unpaired) electrons. The molecular formula is C9H13N3O2S2. The van der Waals surface area contributed by atoms with Crippen molar-refractivity contribution in [2.24, 2.45) is 0 Å². The molecule has 1 aromatic rings. The number of carbonyl (C=O) groups excluding carboxylic acids is 1. The molecule has 5 nitrogen and oxygen atoms in total. The maximum Gasteiger partial charge on any atom is 0.255 e. The van der Waals surface area contributed by atoms with Crippen molar-refractivity contribution >= 4 is 34.1 Å². The third kappa shape index (κ3) is 2.93. The third-order valence-electron chi connectivity index (χ3n) is 2.13. The monoisotopic (exact) mass is 259 g/mol. The number of anilines is 1. The molecule has 0 spiro atoms. The molecule has 2 rings (SSSR count). The fraction of sp³-hybridized carbons (Fsp3) is 0.667. The Morgan fingerprint density at radius 2 is 2.56 bits per heavy atom. The molecule has 2 heterocycles. The molecule has 7 heteroatoms. The summed E-state index contributed by atoms with van der Waals surface area (Å²) in [6.07, 6.45) is 1.43. The van der Waals surface area contributed by atoms with E-state index in [0.717, 1.165) is 22.9 Å². The lowest BCUT2D eigenvalue weighted by molar-refractivity contribution is -0.124. The Kier molecular flexibility index (Phi) is 4.14. The maximum atomic E-state index is 11.7. The van der Waals surface area contributed by atoms with Crippen molar-refractivity contribution in [3.05, 3.63) is 0 Å². The number of nitrogens with one attached hydrogen (secondary N) is 1. The van der Waals surface area contributed by atoms with E-state index in [-0.39, 0.29) is 12.0 Å². The fourth-order valence-corrected chi connectivity index (χ4v) is 3.06. The SMILES string of the molecule is CCSc1nnc(NC(=O)[C@H]2CCCO2)s1. The number of hydrogen-bond donors (Lipinski definition) is 1. The van der Waals surface area contributed by atoms with E-state index < -0.39 is 0 Å².